The normalized spacial score (nSPS) is 16.6. The molecule has 1 fully saturated rings. The molecule has 0 spiro atoms. The van der Waals surface area contributed by atoms with Crippen molar-refractivity contribution in [3.63, 3.8) is 0 Å². The first-order chi connectivity index (χ1) is 15.4. The van der Waals surface area contributed by atoms with Gasteiger partial charge in [-0.25, -0.2) is 8.42 Å². The van der Waals surface area contributed by atoms with E-state index in [1.54, 1.807) is 12.1 Å². The second-order valence-corrected chi connectivity index (χ2v) is 10.7. The van der Waals surface area contributed by atoms with E-state index in [0.29, 0.717) is 31.7 Å². The molecule has 1 aliphatic heterocycles. The molecule has 3 aromatic rings. The number of carbonyl (C=O) groups is 1. The zero-order chi connectivity index (χ0) is 22.7. The van der Waals surface area contributed by atoms with Crippen LogP contribution in [-0.2, 0) is 10.0 Å². The van der Waals surface area contributed by atoms with Crippen molar-refractivity contribution in [1.29, 1.82) is 0 Å². The minimum atomic E-state index is -3.60. The van der Waals surface area contributed by atoms with Crippen LogP contribution < -0.4 is 0 Å². The van der Waals surface area contributed by atoms with Gasteiger partial charge in [0, 0.05) is 36.2 Å². The average molecular weight is 513 g/mol. The summed E-state index contributed by atoms with van der Waals surface area (Å²) in [5.74, 6) is -0.0811. The van der Waals surface area contributed by atoms with Crippen LogP contribution in [0.25, 0.3) is 0 Å². The largest absolute Gasteiger partial charge is 0.295 e. The predicted octanol–water partition coefficient (Wildman–Crippen LogP) is 4.75. The summed E-state index contributed by atoms with van der Waals surface area (Å²) in [5, 5.41) is 0. The number of piperazine rings is 1. The van der Waals surface area contributed by atoms with Gasteiger partial charge in [0.05, 0.1) is 10.9 Å². The Balaban J connectivity index is 1.54. The van der Waals surface area contributed by atoms with Crippen molar-refractivity contribution in [1.82, 2.24) is 9.21 Å². The second kappa shape index (κ2) is 9.67. The van der Waals surface area contributed by atoms with E-state index in [0.717, 1.165) is 4.47 Å². The number of nitrogens with zero attached hydrogens (tertiary/aromatic N) is 2. The van der Waals surface area contributed by atoms with Crippen LogP contribution in [0, 0.1) is 0 Å². The molecular weight excluding hydrogens is 488 g/mol. The molecule has 3 aromatic carbocycles. The van der Waals surface area contributed by atoms with E-state index in [-0.39, 0.29) is 16.7 Å². The number of ketones is 1. The molecule has 32 heavy (non-hydrogen) atoms. The summed E-state index contributed by atoms with van der Waals surface area (Å²) >= 11 is 3.51. The van der Waals surface area contributed by atoms with E-state index in [1.807, 2.05) is 30.3 Å². The lowest BCUT2D eigenvalue weighted by atomic mass is 9.96. The molecule has 0 radical (unpaired) electrons. The van der Waals surface area contributed by atoms with Gasteiger partial charge >= 0.3 is 0 Å². The lowest BCUT2D eigenvalue weighted by molar-refractivity contribution is 0.101. The fourth-order valence-electron chi connectivity index (χ4n) is 4.11. The van der Waals surface area contributed by atoms with Gasteiger partial charge in [-0.15, -0.1) is 0 Å². The molecule has 0 bridgehead atoms. The zero-order valence-electron chi connectivity index (χ0n) is 17.8. The molecule has 1 saturated heterocycles. The predicted molar refractivity (Wildman–Crippen MR) is 129 cm³/mol. The summed E-state index contributed by atoms with van der Waals surface area (Å²) in [7, 11) is -3.60. The Morgan fingerprint density at radius 2 is 1.38 bits per heavy atom. The van der Waals surface area contributed by atoms with Gasteiger partial charge in [0.25, 0.3) is 0 Å². The summed E-state index contributed by atoms with van der Waals surface area (Å²) in [5.41, 5.74) is 2.87. The highest BCUT2D eigenvalue weighted by atomic mass is 79.9. The van der Waals surface area contributed by atoms with Crippen molar-refractivity contribution in [3.05, 3.63) is 100 Å². The summed E-state index contributed by atoms with van der Waals surface area (Å²) < 4.78 is 28.8. The van der Waals surface area contributed by atoms with Crippen LogP contribution in [0.1, 0.15) is 34.5 Å². The molecule has 1 heterocycles. The number of Topliss-reactive ketones (excluding diaryl/α,β-unsaturated/α-hetero) is 1. The lowest BCUT2D eigenvalue weighted by Gasteiger charge is -2.39. The number of hydrogen-bond donors (Lipinski definition) is 0. The average Bonchev–Trinajstić information content (AvgIpc) is 2.81. The van der Waals surface area contributed by atoms with Gasteiger partial charge in [0.1, 0.15) is 0 Å². The fraction of sp³-hybridized carbons (Fsp3) is 0.240. The van der Waals surface area contributed by atoms with E-state index >= 15 is 0 Å². The molecule has 0 N–H and O–H groups in total. The summed E-state index contributed by atoms with van der Waals surface area (Å²) in [6.07, 6.45) is 0. The molecular formula is C25H25BrN2O3S. The summed E-state index contributed by atoms with van der Waals surface area (Å²) in [4.78, 5) is 14.1. The van der Waals surface area contributed by atoms with Gasteiger partial charge in [-0.1, -0.05) is 70.5 Å². The first-order valence-corrected chi connectivity index (χ1v) is 12.8. The SMILES string of the molecule is CC(=O)c1ccc(S(=O)(=O)N2CCN([C@@H](c3ccccc3)c3ccc(Br)cc3)CC2)cc1. The zero-order valence-corrected chi connectivity index (χ0v) is 20.2. The minimum absolute atomic E-state index is 0.0593. The fourth-order valence-corrected chi connectivity index (χ4v) is 5.79. The Labute approximate surface area is 197 Å². The van der Waals surface area contributed by atoms with Crippen LogP contribution in [0.15, 0.2) is 88.2 Å². The van der Waals surface area contributed by atoms with E-state index in [2.05, 4.69) is 45.1 Å². The van der Waals surface area contributed by atoms with Crippen molar-refractivity contribution in [2.45, 2.75) is 17.9 Å². The van der Waals surface area contributed by atoms with Gasteiger partial charge in [-0.3, -0.25) is 9.69 Å². The Morgan fingerprint density at radius 3 is 1.94 bits per heavy atom. The number of carbonyl (C=O) groups excluding carboxylic acids is 1. The second-order valence-electron chi connectivity index (χ2n) is 7.89. The van der Waals surface area contributed by atoms with Crippen molar-refractivity contribution < 1.29 is 13.2 Å². The van der Waals surface area contributed by atoms with E-state index < -0.39 is 10.0 Å². The van der Waals surface area contributed by atoms with Crippen molar-refractivity contribution in [2.75, 3.05) is 26.2 Å². The first kappa shape index (κ1) is 22.9. The maximum absolute atomic E-state index is 13.1. The molecule has 0 aromatic heterocycles. The summed E-state index contributed by atoms with van der Waals surface area (Å²) in [6.45, 7) is 3.55. The van der Waals surface area contributed by atoms with Crippen molar-refractivity contribution in [3.8, 4) is 0 Å². The van der Waals surface area contributed by atoms with Gasteiger partial charge in [0.2, 0.25) is 10.0 Å². The Morgan fingerprint density at radius 1 is 0.812 bits per heavy atom. The van der Waals surface area contributed by atoms with Crippen molar-refractivity contribution in [2.24, 2.45) is 0 Å². The standard InChI is InChI=1S/C25H25BrN2O3S/c1-19(29)20-9-13-24(14-10-20)32(30,31)28-17-15-27(16-18-28)25(21-5-3-2-4-6-21)22-7-11-23(26)12-8-22/h2-14,25H,15-18H2,1H3/t25-/m0/s1. The number of hydrogen-bond acceptors (Lipinski definition) is 4. The minimum Gasteiger partial charge on any atom is -0.295 e. The highest BCUT2D eigenvalue weighted by molar-refractivity contribution is 9.10. The highest BCUT2D eigenvalue weighted by Crippen LogP contribution is 2.31. The topological polar surface area (TPSA) is 57.7 Å². The Bertz CT molecular complexity index is 1170. The van der Waals surface area contributed by atoms with E-state index in [1.165, 1.54) is 34.5 Å². The molecule has 0 unspecified atom stereocenters. The van der Waals surface area contributed by atoms with Gasteiger partial charge in [-0.05, 0) is 42.3 Å². The third-order valence-corrected chi connectivity index (χ3v) is 8.28. The van der Waals surface area contributed by atoms with Crippen LogP contribution >= 0.6 is 15.9 Å². The van der Waals surface area contributed by atoms with Crippen LogP contribution in [0.4, 0.5) is 0 Å². The van der Waals surface area contributed by atoms with Crippen LogP contribution in [0.2, 0.25) is 0 Å². The summed E-state index contributed by atoms with van der Waals surface area (Å²) in [6, 6.07) is 24.9. The molecule has 1 atom stereocenters. The number of halogens is 1. The monoisotopic (exact) mass is 512 g/mol. The smallest absolute Gasteiger partial charge is 0.243 e. The lowest BCUT2D eigenvalue weighted by Crippen LogP contribution is -2.49. The molecule has 5 nitrogen and oxygen atoms in total. The molecule has 0 amide bonds. The third-order valence-electron chi connectivity index (χ3n) is 5.84. The van der Waals surface area contributed by atoms with Crippen LogP contribution in [0.5, 0.6) is 0 Å². The quantitative estimate of drug-likeness (QED) is 0.447. The van der Waals surface area contributed by atoms with E-state index in [4.69, 9.17) is 0 Å². The van der Waals surface area contributed by atoms with Crippen LogP contribution in [0.3, 0.4) is 0 Å². The molecule has 1 aliphatic rings. The van der Waals surface area contributed by atoms with Gasteiger partial charge in [-0.2, -0.15) is 4.31 Å². The molecule has 0 aliphatic carbocycles. The van der Waals surface area contributed by atoms with Gasteiger partial charge in [0.15, 0.2) is 5.78 Å². The highest BCUT2D eigenvalue weighted by Gasteiger charge is 2.32. The number of sulfonamides is 1. The number of rotatable bonds is 6. The maximum atomic E-state index is 13.1. The van der Waals surface area contributed by atoms with Gasteiger partial charge < -0.3 is 0 Å². The Hall–Kier alpha value is -2.32. The first-order valence-electron chi connectivity index (χ1n) is 10.5. The van der Waals surface area contributed by atoms with Crippen LogP contribution in [-0.4, -0.2) is 49.6 Å². The molecule has 7 heteroatoms. The molecule has 4 rings (SSSR count). The number of benzene rings is 3. The molecule has 0 saturated carbocycles. The Kier molecular flexibility index (Phi) is 6.90. The van der Waals surface area contributed by atoms with Crippen molar-refractivity contribution >= 4 is 31.7 Å². The maximum Gasteiger partial charge on any atom is 0.243 e. The van der Waals surface area contributed by atoms with E-state index in [9.17, 15) is 13.2 Å². The molecule has 166 valence electrons. The third kappa shape index (κ3) is 4.86.